The Morgan fingerprint density at radius 1 is 0.882 bits per heavy atom. The predicted molar refractivity (Wildman–Crippen MR) is 126 cm³/mol. The van der Waals surface area contributed by atoms with Crippen LogP contribution in [0.25, 0.3) is 0 Å². The Bertz CT molecular complexity index is 1050. The topological polar surface area (TPSA) is 131 Å². The molecule has 0 aliphatic carbocycles. The summed E-state index contributed by atoms with van der Waals surface area (Å²) in [6.07, 6.45) is 0.0714. The lowest BCUT2D eigenvalue weighted by Gasteiger charge is -2.24. The van der Waals surface area contributed by atoms with E-state index in [9.17, 15) is 15.0 Å². The number of carbonyl (C=O) groups is 1. The maximum absolute atomic E-state index is 11.1. The number of phenolic OH excluding ortho intramolecular Hbond substituents is 1. The predicted octanol–water partition coefficient (Wildman–Crippen LogP) is 3.03. The first-order valence-electron chi connectivity index (χ1n) is 10.8. The quantitative estimate of drug-likeness (QED) is 0.236. The maximum Gasteiger partial charge on any atom is 0.333 e. The third kappa shape index (κ3) is 6.71. The van der Waals surface area contributed by atoms with Crippen molar-refractivity contribution in [2.45, 2.75) is 24.7 Å². The van der Waals surface area contributed by atoms with E-state index in [1.54, 1.807) is 48.5 Å². The van der Waals surface area contributed by atoms with Gasteiger partial charge in [-0.1, -0.05) is 36.4 Å². The summed E-state index contributed by atoms with van der Waals surface area (Å²) < 4.78 is 16.4. The lowest BCUT2D eigenvalue weighted by atomic mass is 9.95. The summed E-state index contributed by atoms with van der Waals surface area (Å²) >= 11 is 0. The van der Waals surface area contributed by atoms with Crippen LogP contribution in [-0.4, -0.2) is 47.7 Å². The van der Waals surface area contributed by atoms with Gasteiger partial charge in [0, 0.05) is 31.1 Å². The third-order valence-electron chi connectivity index (χ3n) is 5.33. The van der Waals surface area contributed by atoms with Crippen molar-refractivity contribution in [3.8, 4) is 17.2 Å². The first kappa shape index (κ1) is 25.0. The number of hydrogen-bond acceptors (Lipinski definition) is 7. The summed E-state index contributed by atoms with van der Waals surface area (Å²) in [6, 6.07) is 20.2. The highest BCUT2D eigenvalue weighted by atomic mass is 16.5. The molecule has 0 bridgehead atoms. The van der Waals surface area contributed by atoms with Gasteiger partial charge in [-0.15, -0.1) is 0 Å². The van der Waals surface area contributed by atoms with Gasteiger partial charge in [0.25, 0.3) is 0 Å². The highest BCUT2D eigenvalue weighted by Crippen LogP contribution is 2.27. The van der Waals surface area contributed by atoms with E-state index in [0.717, 1.165) is 5.56 Å². The molecule has 0 heterocycles. The average molecular weight is 468 g/mol. The smallest absolute Gasteiger partial charge is 0.333 e. The number of carboxylic acids is 1. The number of nitrogens with two attached hydrogens (primary N) is 1. The number of ether oxygens (including phenoxy) is 3. The highest BCUT2D eigenvalue weighted by molar-refractivity contribution is 5.72. The van der Waals surface area contributed by atoms with E-state index >= 15 is 0 Å². The van der Waals surface area contributed by atoms with Crippen molar-refractivity contribution in [3.05, 3.63) is 89.5 Å². The Balaban J connectivity index is 1.42. The van der Waals surface area contributed by atoms with Crippen molar-refractivity contribution in [2.24, 2.45) is 5.73 Å². The Morgan fingerprint density at radius 3 is 1.82 bits per heavy atom. The van der Waals surface area contributed by atoms with Gasteiger partial charge in [0.1, 0.15) is 17.2 Å². The molecule has 3 aromatic rings. The highest BCUT2D eigenvalue weighted by Gasteiger charge is 2.26. The summed E-state index contributed by atoms with van der Waals surface area (Å²) in [7, 11) is 1.38. The van der Waals surface area contributed by atoms with Crippen LogP contribution in [0.4, 0.5) is 0 Å². The van der Waals surface area contributed by atoms with Gasteiger partial charge in [-0.05, 0) is 42.0 Å². The Kier molecular flexibility index (Phi) is 8.48. The van der Waals surface area contributed by atoms with Crippen molar-refractivity contribution >= 4 is 5.97 Å². The molecule has 0 saturated carbocycles. The van der Waals surface area contributed by atoms with Crippen LogP contribution in [0.2, 0.25) is 0 Å². The second-order valence-corrected chi connectivity index (χ2v) is 7.80. The van der Waals surface area contributed by atoms with E-state index in [0.29, 0.717) is 42.3 Å². The van der Waals surface area contributed by atoms with E-state index in [1.165, 1.54) is 19.2 Å². The van der Waals surface area contributed by atoms with Crippen LogP contribution >= 0.6 is 0 Å². The second-order valence-electron chi connectivity index (χ2n) is 7.80. The summed E-state index contributed by atoms with van der Waals surface area (Å²) in [5.41, 5.74) is 6.22. The van der Waals surface area contributed by atoms with Gasteiger partial charge in [-0.25, -0.2) is 4.79 Å². The molecule has 0 saturated heterocycles. The molecule has 2 atom stereocenters. The molecular weight excluding hydrogens is 438 g/mol. The van der Waals surface area contributed by atoms with Gasteiger partial charge < -0.3 is 29.5 Å². The molecule has 8 heteroatoms. The zero-order chi connectivity index (χ0) is 24.6. The van der Waals surface area contributed by atoms with Crippen molar-refractivity contribution in [2.75, 3.05) is 20.3 Å². The zero-order valence-electron chi connectivity index (χ0n) is 18.9. The number of aliphatic hydroxyl groups is 1. The number of methoxy groups -OCH3 is 1. The van der Waals surface area contributed by atoms with Crippen molar-refractivity contribution in [3.63, 3.8) is 0 Å². The van der Waals surface area contributed by atoms with Crippen LogP contribution in [0.3, 0.4) is 0 Å². The molecule has 0 spiro atoms. The molecule has 0 aliphatic heterocycles. The van der Waals surface area contributed by atoms with Crippen LogP contribution in [0.15, 0.2) is 72.8 Å². The Labute approximate surface area is 198 Å². The molecule has 0 fully saturated rings. The number of benzene rings is 3. The van der Waals surface area contributed by atoms with E-state index in [2.05, 4.69) is 0 Å². The largest absolute Gasteiger partial charge is 0.508 e. The number of phenols is 1. The van der Waals surface area contributed by atoms with E-state index < -0.39 is 17.8 Å². The van der Waals surface area contributed by atoms with Crippen molar-refractivity contribution in [1.29, 1.82) is 0 Å². The molecule has 8 nitrogen and oxygen atoms in total. The fourth-order valence-corrected chi connectivity index (χ4v) is 3.33. The van der Waals surface area contributed by atoms with Gasteiger partial charge in [0.05, 0.1) is 13.2 Å². The third-order valence-corrected chi connectivity index (χ3v) is 5.33. The van der Waals surface area contributed by atoms with Crippen LogP contribution in [0.5, 0.6) is 17.2 Å². The lowest BCUT2D eigenvalue weighted by Crippen LogP contribution is -2.37. The van der Waals surface area contributed by atoms with Gasteiger partial charge in [-0.3, -0.25) is 5.73 Å². The fraction of sp³-hybridized carbons (Fsp3) is 0.269. The minimum Gasteiger partial charge on any atom is -0.508 e. The average Bonchev–Trinajstić information content (AvgIpc) is 2.83. The molecule has 5 N–H and O–H groups in total. The van der Waals surface area contributed by atoms with Gasteiger partial charge in [-0.2, -0.15) is 0 Å². The van der Waals surface area contributed by atoms with E-state index in [1.807, 2.05) is 12.1 Å². The van der Waals surface area contributed by atoms with E-state index in [4.69, 9.17) is 25.1 Å². The number of carboxylic acid groups (broad SMARTS) is 1. The van der Waals surface area contributed by atoms with Crippen LogP contribution in [-0.2, 0) is 21.7 Å². The number of aliphatic carboxylic acids is 1. The van der Waals surface area contributed by atoms with Crippen LogP contribution in [0, 0.1) is 0 Å². The summed E-state index contributed by atoms with van der Waals surface area (Å²) in [5.74, 6) is 0.434. The molecule has 3 rings (SSSR count). The first-order chi connectivity index (χ1) is 16.3. The SMILES string of the molecule is CO[C@@H](Cc1ccc(OCCCOc2ccc(C(N)(O)c3ccc(O)cc3)cc2)cc1)C(=O)O. The molecule has 180 valence electrons. The molecular formula is C26H29NO7. The molecule has 3 aromatic carbocycles. The molecule has 0 aromatic heterocycles. The standard InChI is InChI=1S/C26H29NO7/c1-32-24(25(29)30)17-18-3-11-22(12-4-18)33-15-2-16-34-23-13-7-20(8-14-23)26(27,31)19-5-9-21(28)10-6-19/h3-14,24,28,31H,2,15-17,27H2,1H3,(H,29,30)/t24-,26?/m0/s1. The summed E-state index contributed by atoms with van der Waals surface area (Å²) in [4.78, 5) is 11.1. The Morgan fingerprint density at radius 2 is 1.35 bits per heavy atom. The lowest BCUT2D eigenvalue weighted by molar-refractivity contribution is -0.148. The summed E-state index contributed by atoms with van der Waals surface area (Å²) in [6.45, 7) is 0.896. The van der Waals surface area contributed by atoms with Crippen molar-refractivity contribution in [1.82, 2.24) is 0 Å². The fourth-order valence-electron chi connectivity index (χ4n) is 3.33. The summed E-state index contributed by atoms with van der Waals surface area (Å²) in [5, 5.41) is 29.2. The normalized spacial score (nSPS) is 13.6. The van der Waals surface area contributed by atoms with Crippen molar-refractivity contribution < 1.29 is 34.3 Å². The minimum atomic E-state index is -1.69. The van der Waals surface area contributed by atoms with Gasteiger partial charge in [0.15, 0.2) is 11.8 Å². The molecule has 0 radical (unpaired) electrons. The number of aromatic hydroxyl groups is 1. The monoisotopic (exact) mass is 467 g/mol. The number of hydrogen-bond donors (Lipinski definition) is 4. The molecule has 0 aliphatic rings. The minimum absolute atomic E-state index is 0.0975. The maximum atomic E-state index is 11.1. The second kappa shape index (κ2) is 11.5. The molecule has 1 unspecified atom stereocenters. The molecule has 0 amide bonds. The molecule has 34 heavy (non-hydrogen) atoms. The number of rotatable bonds is 12. The van der Waals surface area contributed by atoms with Gasteiger partial charge in [0.2, 0.25) is 0 Å². The Hall–Kier alpha value is -3.59. The van der Waals surface area contributed by atoms with E-state index in [-0.39, 0.29) is 12.2 Å². The van der Waals surface area contributed by atoms with Gasteiger partial charge >= 0.3 is 5.97 Å². The zero-order valence-corrected chi connectivity index (χ0v) is 18.9. The van der Waals surface area contributed by atoms with Crippen LogP contribution in [0.1, 0.15) is 23.1 Å². The van der Waals surface area contributed by atoms with Crippen LogP contribution < -0.4 is 15.2 Å². The first-order valence-corrected chi connectivity index (χ1v) is 10.8.